The van der Waals surface area contributed by atoms with Gasteiger partial charge in [0, 0.05) is 23.0 Å². The van der Waals surface area contributed by atoms with Crippen molar-refractivity contribution in [2.24, 2.45) is 17.8 Å². The van der Waals surface area contributed by atoms with E-state index in [2.05, 4.69) is 24.5 Å². The summed E-state index contributed by atoms with van der Waals surface area (Å²) in [6, 6.07) is 7.18. The summed E-state index contributed by atoms with van der Waals surface area (Å²) in [6.45, 7) is 7.81. The van der Waals surface area contributed by atoms with E-state index in [0.29, 0.717) is 22.6 Å². The number of ether oxygens (including phenoxy) is 1. The van der Waals surface area contributed by atoms with Gasteiger partial charge < -0.3 is 15.4 Å². The third kappa shape index (κ3) is 4.45. The maximum absolute atomic E-state index is 12.8. The van der Waals surface area contributed by atoms with Gasteiger partial charge in [-0.2, -0.15) is 0 Å². The van der Waals surface area contributed by atoms with Crippen LogP contribution in [0.5, 0.6) is 5.75 Å². The maximum Gasteiger partial charge on any atom is 0.263 e. The lowest BCUT2D eigenvalue weighted by Crippen LogP contribution is -2.59. The SMILES string of the molecule is CCC1C(=O)NC2CC(NC(=O)C(C)(C)Oc3ccc(Cl)cc3)CCC2C1C. The third-order valence-electron chi connectivity index (χ3n) is 6.39. The van der Waals surface area contributed by atoms with Crippen LogP contribution in [0.4, 0.5) is 0 Å². The number of nitrogens with one attached hydrogen (secondary N) is 2. The Kier molecular flexibility index (Phi) is 6.23. The number of benzene rings is 1. The van der Waals surface area contributed by atoms with Crippen molar-refractivity contribution < 1.29 is 14.3 Å². The number of carbonyl (C=O) groups is 2. The average Bonchev–Trinajstić information content (AvgIpc) is 2.63. The van der Waals surface area contributed by atoms with Crippen LogP contribution in [0.2, 0.25) is 5.02 Å². The lowest BCUT2D eigenvalue weighted by atomic mass is 9.67. The monoisotopic (exact) mass is 406 g/mol. The summed E-state index contributed by atoms with van der Waals surface area (Å²) >= 11 is 5.90. The van der Waals surface area contributed by atoms with Crippen LogP contribution in [0.25, 0.3) is 0 Å². The van der Waals surface area contributed by atoms with Crippen LogP contribution in [0, 0.1) is 17.8 Å². The lowest BCUT2D eigenvalue weighted by Gasteiger charge is -2.46. The van der Waals surface area contributed by atoms with Crippen LogP contribution in [0.1, 0.15) is 53.4 Å². The Bertz CT molecular complexity index is 719. The Morgan fingerprint density at radius 1 is 1.29 bits per heavy atom. The molecule has 2 amide bonds. The molecular formula is C22H31ClN2O3. The van der Waals surface area contributed by atoms with Gasteiger partial charge in [0.1, 0.15) is 5.75 Å². The van der Waals surface area contributed by atoms with E-state index < -0.39 is 5.60 Å². The zero-order chi connectivity index (χ0) is 20.5. The van der Waals surface area contributed by atoms with Gasteiger partial charge >= 0.3 is 0 Å². The van der Waals surface area contributed by atoms with E-state index in [1.807, 2.05) is 0 Å². The molecule has 2 N–H and O–H groups in total. The molecule has 1 saturated heterocycles. The Morgan fingerprint density at radius 3 is 2.61 bits per heavy atom. The molecule has 2 fully saturated rings. The molecule has 3 rings (SSSR count). The van der Waals surface area contributed by atoms with E-state index in [1.54, 1.807) is 38.1 Å². The number of hydrogen-bond acceptors (Lipinski definition) is 3. The number of carbonyl (C=O) groups excluding carboxylic acids is 2. The number of halogens is 1. The molecule has 28 heavy (non-hydrogen) atoms. The van der Waals surface area contributed by atoms with Crippen LogP contribution in [0.15, 0.2) is 24.3 Å². The second-order valence-electron chi connectivity index (χ2n) is 8.70. The van der Waals surface area contributed by atoms with Gasteiger partial charge in [0.25, 0.3) is 5.91 Å². The van der Waals surface area contributed by atoms with E-state index in [9.17, 15) is 9.59 Å². The van der Waals surface area contributed by atoms with Crippen molar-refractivity contribution in [1.82, 2.24) is 10.6 Å². The van der Waals surface area contributed by atoms with Gasteiger partial charge in [0.15, 0.2) is 5.60 Å². The van der Waals surface area contributed by atoms with Crippen LogP contribution < -0.4 is 15.4 Å². The van der Waals surface area contributed by atoms with Crippen LogP contribution in [-0.2, 0) is 9.59 Å². The molecule has 5 unspecified atom stereocenters. The van der Waals surface area contributed by atoms with Crippen LogP contribution in [0.3, 0.4) is 0 Å². The molecule has 0 spiro atoms. The highest BCUT2D eigenvalue weighted by Gasteiger charge is 2.44. The predicted molar refractivity (Wildman–Crippen MR) is 110 cm³/mol. The molecule has 0 radical (unpaired) electrons. The zero-order valence-electron chi connectivity index (χ0n) is 17.1. The normalized spacial score (nSPS) is 30.2. The summed E-state index contributed by atoms with van der Waals surface area (Å²) in [5, 5.41) is 6.97. The van der Waals surface area contributed by atoms with Crippen molar-refractivity contribution >= 4 is 23.4 Å². The minimum absolute atomic E-state index is 0.0486. The second-order valence-corrected chi connectivity index (χ2v) is 9.14. The van der Waals surface area contributed by atoms with Gasteiger partial charge in [-0.05, 0) is 75.6 Å². The molecule has 1 aromatic carbocycles. The first-order chi connectivity index (χ1) is 13.2. The standard InChI is InChI=1S/C22H31ClN2O3/c1-5-17-13(2)18-11-8-15(12-19(18)25-20(17)26)24-21(27)22(3,4)28-16-9-6-14(23)7-10-16/h6-7,9-10,13,15,17-19H,5,8,11-12H2,1-4H3,(H,24,27)(H,25,26). The van der Waals surface area contributed by atoms with Crippen molar-refractivity contribution in [3.63, 3.8) is 0 Å². The number of piperidine rings is 1. The third-order valence-corrected chi connectivity index (χ3v) is 6.64. The molecule has 5 nitrogen and oxygen atoms in total. The number of rotatable bonds is 5. The molecule has 1 aliphatic carbocycles. The molecule has 1 heterocycles. The number of hydrogen-bond donors (Lipinski definition) is 2. The molecule has 1 aromatic rings. The lowest BCUT2D eigenvalue weighted by molar-refractivity contribution is -0.136. The minimum atomic E-state index is -0.999. The van der Waals surface area contributed by atoms with Crippen molar-refractivity contribution in [3.05, 3.63) is 29.3 Å². The highest BCUT2D eigenvalue weighted by molar-refractivity contribution is 6.30. The van der Waals surface area contributed by atoms with Crippen molar-refractivity contribution in [3.8, 4) is 5.75 Å². The molecule has 1 aliphatic heterocycles. The quantitative estimate of drug-likeness (QED) is 0.778. The number of fused-ring (bicyclic) bond motifs is 1. The topological polar surface area (TPSA) is 67.4 Å². The Morgan fingerprint density at radius 2 is 1.96 bits per heavy atom. The highest BCUT2D eigenvalue weighted by atomic mass is 35.5. The smallest absolute Gasteiger partial charge is 0.263 e. The predicted octanol–water partition coefficient (Wildman–Crippen LogP) is 3.94. The molecule has 5 atom stereocenters. The fraction of sp³-hybridized carbons (Fsp3) is 0.636. The summed E-state index contributed by atoms with van der Waals surface area (Å²) in [4.78, 5) is 25.2. The van der Waals surface area contributed by atoms with Gasteiger partial charge in [-0.25, -0.2) is 0 Å². The largest absolute Gasteiger partial charge is 0.478 e. The van der Waals surface area contributed by atoms with Crippen molar-refractivity contribution in [1.29, 1.82) is 0 Å². The molecular weight excluding hydrogens is 376 g/mol. The average molecular weight is 407 g/mol. The van der Waals surface area contributed by atoms with Gasteiger partial charge in [0.05, 0.1) is 0 Å². The fourth-order valence-corrected chi connectivity index (χ4v) is 4.83. The molecule has 2 aliphatic rings. The first kappa shape index (κ1) is 21.0. The van der Waals surface area contributed by atoms with E-state index in [4.69, 9.17) is 16.3 Å². The number of amides is 2. The molecule has 0 aromatic heterocycles. The summed E-state index contributed by atoms with van der Waals surface area (Å²) < 4.78 is 5.89. The first-order valence-electron chi connectivity index (χ1n) is 10.3. The summed E-state index contributed by atoms with van der Waals surface area (Å²) in [5.74, 6) is 1.62. The Balaban J connectivity index is 1.59. The van der Waals surface area contributed by atoms with E-state index >= 15 is 0 Å². The van der Waals surface area contributed by atoms with Gasteiger partial charge in [-0.15, -0.1) is 0 Å². The van der Waals surface area contributed by atoms with E-state index in [0.717, 1.165) is 25.7 Å². The van der Waals surface area contributed by atoms with Crippen molar-refractivity contribution in [2.75, 3.05) is 0 Å². The molecule has 154 valence electrons. The molecule has 0 bridgehead atoms. The van der Waals surface area contributed by atoms with E-state index in [1.165, 1.54) is 0 Å². The van der Waals surface area contributed by atoms with Crippen LogP contribution in [-0.4, -0.2) is 29.5 Å². The van der Waals surface area contributed by atoms with Gasteiger partial charge in [-0.3, -0.25) is 9.59 Å². The van der Waals surface area contributed by atoms with Crippen LogP contribution >= 0.6 is 11.6 Å². The minimum Gasteiger partial charge on any atom is -0.478 e. The molecule has 1 saturated carbocycles. The summed E-state index contributed by atoms with van der Waals surface area (Å²) in [6.07, 6.45) is 3.61. The summed E-state index contributed by atoms with van der Waals surface area (Å²) in [7, 11) is 0. The first-order valence-corrected chi connectivity index (χ1v) is 10.6. The van der Waals surface area contributed by atoms with E-state index in [-0.39, 0.29) is 29.8 Å². The van der Waals surface area contributed by atoms with Gasteiger partial charge in [-0.1, -0.05) is 25.4 Å². The molecule has 6 heteroatoms. The summed E-state index contributed by atoms with van der Waals surface area (Å²) in [5.41, 5.74) is -0.999. The highest BCUT2D eigenvalue weighted by Crippen LogP contribution is 2.39. The van der Waals surface area contributed by atoms with Crippen molar-refractivity contribution in [2.45, 2.75) is 71.1 Å². The fourth-order valence-electron chi connectivity index (χ4n) is 4.71. The zero-order valence-corrected chi connectivity index (χ0v) is 17.9. The Labute approximate surface area is 172 Å². The second kappa shape index (κ2) is 8.32. The Hall–Kier alpha value is -1.75. The van der Waals surface area contributed by atoms with Gasteiger partial charge in [0.2, 0.25) is 5.91 Å². The maximum atomic E-state index is 12.8.